The Hall–Kier alpha value is -7.05. The van der Waals surface area contributed by atoms with Gasteiger partial charge in [-0.15, -0.1) is 0 Å². The van der Waals surface area contributed by atoms with Crippen LogP contribution in [-0.4, -0.2) is 23.9 Å². The summed E-state index contributed by atoms with van der Waals surface area (Å²) in [7, 11) is 0. The maximum atomic E-state index is 6.05. The second-order valence-corrected chi connectivity index (χ2v) is 13.3. The minimum Gasteiger partial charge on any atom is -0.443 e. The van der Waals surface area contributed by atoms with Gasteiger partial charge in [0.1, 0.15) is 5.52 Å². The molecule has 6 nitrogen and oxygen atoms in total. The Bertz CT molecular complexity index is 3370. The van der Waals surface area contributed by atoms with E-state index in [0.29, 0.717) is 5.82 Å². The molecule has 0 amide bonds. The normalized spacial score (nSPS) is 12.3. The lowest BCUT2D eigenvalue weighted by Gasteiger charge is -2.11. The first-order chi connectivity index (χ1) is 25.3. The first kappa shape index (κ1) is 26.9. The van der Waals surface area contributed by atoms with E-state index < -0.39 is 0 Å². The van der Waals surface area contributed by atoms with Crippen molar-refractivity contribution in [1.29, 1.82) is 0 Å². The topological polar surface area (TPSA) is 61.2 Å². The molecule has 7 aromatic carbocycles. The second kappa shape index (κ2) is 9.77. The number of aromatic nitrogens is 5. The van der Waals surface area contributed by atoms with E-state index in [1.807, 2.05) is 6.07 Å². The van der Waals surface area contributed by atoms with Crippen molar-refractivity contribution < 1.29 is 4.42 Å². The summed E-state index contributed by atoms with van der Waals surface area (Å²) in [4.78, 5) is 15.1. The van der Waals surface area contributed by atoms with E-state index in [-0.39, 0.29) is 0 Å². The monoisotopic (exact) mass is 651 g/mol. The number of fused-ring (bicyclic) bond motifs is 12. The maximum absolute atomic E-state index is 6.05. The van der Waals surface area contributed by atoms with E-state index >= 15 is 0 Å². The molecule has 236 valence electrons. The predicted molar refractivity (Wildman–Crippen MR) is 207 cm³/mol. The molecular formula is C45H25N5O. The predicted octanol–water partition coefficient (Wildman–Crippen LogP) is 11.4. The van der Waals surface area contributed by atoms with Crippen LogP contribution < -0.4 is 0 Å². The highest BCUT2D eigenvalue weighted by Crippen LogP contribution is 2.44. The summed E-state index contributed by atoms with van der Waals surface area (Å²) < 4.78 is 10.7. The fraction of sp³-hybridized carbons (Fsp3) is 0. The number of hydrogen-bond donors (Lipinski definition) is 0. The molecule has 5 heterocycles. The smallest absolute Gasteiger partial charge is 0.182 e. The van der Waals surface area contributed by atoms with Gasteiger partial charge in [0.25, 0.3) is 0 Å². The molecule has 0 aliphatic carbocycles. The largest absolute Gasteiger partial charge is 0.443 e. The van der Waals surface area contributed by atoms with Gasteiger partial charge in [-0.3, -0.25) is 0 Å². The van der Waals surface area contributed by atoms with Crippen molar-refractivity contribution in [3.63, 3.8) is 0 Å². The van der Waals surface area contributed by atoms with Crippen LogP contribution in [-0.2, 0) is 0 Å². The highest BCUT2D eigenvalue weighted by atomic mass is 16.3. The van der Waals surface area contributed by atoms with Crippen LogP contribution in [0.2, 0.25) is 0 Å². The van der Waals surface area contributed by atoms with Gasteiger partial charge in [0.05, 0.1) is 44.2 Å². The van der Waals surface area contributed by atoms with Gasteiger partial charge >= 0.3 is 0 Å². The Morgan fingerprint density at radius 2 is 1.14 bits per heavy atom. The minimum absolute atomic E-state index is 0.681. The lowest BCUT2D eigenvalue weighted by molar-refractivity contribution is 0.605. The summed E-state index contributed by atoms with van der Waals surface area (Å²) in [5.41, 5.74) is 12.4. The molecule has 0 saturated carbocycles. The van der Waals surface area contributed by atoms with Crippen LogP contribution in [0.4, 0.5) is 0 Å². The molecule has 0 aliphatic heterocycles. The average molecular weight is 652 g/mol. The summed E-state index contributed by atoms with van der Waals surface area (Å²) in [6.45, 7) is 0. The summed E-state index contributed by atoms with van der Waals surface area (Å²) in [5, 5.41) is 7.95. The average Bonchev–Trinajstić information content (AvgIpc) is 3.96. The molecular weight excluding hydrogens is 627 g/mol. The van der Waals surface area contributed by atoms with Gasteiger partial charge in [-0.2, -0.15) is 0 Å². The van der Waals surface area contributed by atoms with Crippen LogP contribution in [0.25, 0.3) is 110 Å². The molecule has 0 aliphatic rings. The summed E-state index contributed by atoms with van der Waals surface area (Å²) >= 11 is 0. The molecule has 0 bridgehead atoms. The number of rotatable bonds is 3. The van der Waals surface area contributed by atoms with E-state index in [1.54, 1.807) is 6.39 Å². The summed E-state index contributed by atoms with van der Waals surface area (Å²) in [6.07, 6.45) is 1.54. The van der Waals surface area contributed by atoms with E-state index in [0.717, 1.165) is 71.8 Å². The number of oxazole rings is 1. The number of benzene rings is 7. The zero-order valence-electron chi connectivity index (χ0n) is 27.1. The number of hydrogen-bond acceptors (Lipinski definition) is 4. The highest BCUT2D eigenvalue weighted by Gasteiger charge is 2.23. The van der Waals surface area contributed by atoms with Crippen molar-refractivity contribution >= 4 is 81.9 Å². The molecule has 0 atom stereocenters. The molecule has 51 heavy (non-hydrogen) atoms. The summed E-state index contributed by atoms with van der Waals surface area (Å²) in [5.74, 6) is 0.681. The quantitative estimate of drug-likeness (QED) is 0.191. The molecule has 12 aromatic rings. The maximum Gasteiger partial charge on any atom is 0.182 e. The first-order valence-electron chi connectivity index (χ1n) is 17.1. The van der Waals surface area contributed by atoms with E-state index in [9.17, 15) is 0 Å². The highest BCUT2D eigenvalue weighted by molar-refractivity contribution is 6.30. The van der Waals surface area contributed by atoms with E-state index in [2.05, 4.69) is 153 Å². The van der Waals surface area contributed by atoms with Crippen LogP contribution in [0.1, 0.15) is 0 Å². The van der Waals surface area contributed by atoms with Gasteiger partial charge in [-0.1, -0.05) is 78.9 Å². The van der Waals surface area contributed by atoms with Crippen molar-refractivity contribution in [2.24, 2.45) is 0 Å². The van der Waals surface area contributed by atoms with Crippen molar-refractivity contribution in [2.45, 2.75) is 0 Å². The Kier molecular flexibility index (Phi) is 5.14. The Balaban J connectivity index is 1.11. The fourth-order valence-electron chi connectivity index (χ4n) is 8.42. The van der Waals surface area contributed by atoms with E-state index in [1.165, 1.54) is 32.6 Å². The van der Waals surface area contributed by atoms with Crippen LogP contribution in [0.15, 0.2) is 156 Å². The van der Waals surface area contributed by atoms with Gasteiger partial charge in [-0.25, -0.2) is 15.0 Å². The molecule has 12 rings (SSSR count). The van der Waals surface area contributed by atoms with E-state index in [4.69, 9.17) is 14.4 Å². The minimum atomic E-state index is 0.681. The van der Waals surface area contributed by atoms with Crippen molar-refractivity contribution in [3.05, 3.63) is 152 Å². The molecule has 0 fully saturated rings. The SMILES string of the molecule is c1ccc(-n2c3ccccc3c3cc(-c4nc(-c5ccc6c(c5)c5c7ocnc7cc7c8ccccc8n6c75)nc5ccccc45)ccc32)cc1. The third-order valence-electron chi connectivity index (χ3n) is 10.6. The molecule has 0 N–H and O–H groups in total. The summed E-state index contributed by atoms with van der Waals surface area (Å²) in [6, 6.07) is 51.5. The van der Waals surface area contributed by atoms with Crippen LogP contribution >= 0.6 is 0 Å². The molecule has 0 unspecified atom stereocenters. The molecule has 5 aromatic heterocycles. The lowest BCUT2D eigenvalue weighted by atomic mass is 10.0. The standard InChI is InChI=1S/C45H25N5O/c1-2-10-28(11-3-1)49-37-16-8-5-12-29(37)32-22-26(18-20-39(32)49)42-31-14-4-7-15-35(31)47-45(48-42)27-19-21-40-34(23-27)41-43-33(24-36-44(41)51-25-46-36)30-13-6-9-17-38(30)50(40)43/h1-25H. The molecule has 0 radical (unpaired) electrons. The lowest BCUT2D eigenvalue weighted by Crippen LogP contribution is -1.96. The van der Waals surface area contributed by atoms with Crippen LogP contribution in [0, 0.1) is 0 Å². The molecule has 0 saturated heterocycles. The second-order valence-electron chi connectivity index (χ2n) is 13.3. The van der Waals surface area contributed by atoms with Gasteiger partial charge in [0.2, 0.25) is 0 Å². The van der Waals surface area contributed by atoms with Crippen LogP contribution in [0.3, 0.4) is 0 Å². The Morgan fingerprint density at radius 3 is 2.02 bits per heavy atom. The third kappa shape index (κ3) is 3.57. The van der Waals surface area contributed by atoms with Crippen molar-refractivity contribution in [2.75, 3.05) is 0 Å². The van der Waals surface area contributed by atoms with Crippen LogP contribution in [0.5, 0.6) is 0 Å². The first-order valence-corrected chi connectivity index (χ1v) is 17.1. The molecule has 0 spiro atoms. The zero-order chi connectivity index (χ0) is 33.2. The Morgan fingerprint density at radius 1 is 0.471 bits per heavy atom. The zero-order valence-corrected chi connectivity index (χ0v) is 27.1. The van der Waals surface area contributed by atoms with Gasteiger partial charge in [0, 0.05) is 49.1 Å². The van der Waals surface area contributed by atoms with Gasteiger partial charge < -0.3 is 13.4 Å². The fourth-order valence-corrected chi connectivity index (χ4v) is 8.42. The van der Waals surface area contributed by atoms with Gasteiger partial charge in [0.15, 0.2) is 17.8 Å². The van der Waals surface area contributed by atoms with Crippen molar-refractivity contribution in [3.8, 4) is 28.3 Å². The number of para-hydroxylation sites is 4. The van der Waals surface area contributed by atoms with Crippen molar-refractivity contribution in [1.82, 2.24) is 23.9 Å². The molecule has 6 heteroatoms. The Labute approximate surface area is 289 Å². The third-order valence-corrected chi connectivity index (χ3v) is 10.6. The number of nitrogens with zero attached hydrogens (tertiary/aromatic N) is 5. The van der Waals surface area contributed by atoms with Gasteiger partial charge in [-0.05, 0) is 66.7 Å².